The van der Waals surface area contributed by atoms with Crippen LogP contribution >= 0.6 is 0 Å². The Hall–Kier alpha value is -1.78. The van der Waals surface area contributed by atoms with Crippen molar-refractivity contribution in [3.8, 4) is 5.75 Å². The summed E-state index contributed by atoms with van der Waals surface area (Å²) in [6, 6.07) is 0. The maximum atomic E-state index is 11.8. The number of carbonyl (C=O) groups is 1. The van der Waals surface area contributed by atoms with Crippen LogP contribution in [0.1, 0.15) is 41.9 Å². The van der Waals surface area contributed by atoms with Crippen molar-refractivity contribution in [2.75, 3.05) is 6.61 Å². The summed E-state index contributed by atoms with van der Waals surface area (Å²) in [5.41, 5.74) is 0.573. The van der Waals surface area contributed by atoms with Crippen molar-refractivity contribution in [2.45, 2.75) is 33.1 Å². The highest BCUT2D eigenvalue weighted by Crippen LogP contribution is 2.31. The van der Waals surface area contributed by atoms with Crippen molar-refractivity contribution < 1.29 is 14.6 Å². The van der Waals surface area contributed by atoms with Crippen molar-refractivity contribution >= 4 is 5.97 Å². The molecule has 0 spiro atoms. The molecule has 1 aliphatic rings. The van der Waals surface area contributed by atoms with Gasteiger partial charge >= 0.3 is 5.97 Å². The summed E-state index contributed by atoms with van der Waals surface area (Å²) in [5.74, 6) is -0.502. The lowest BCUT2D eigenvalue weighted by atomic mass is 9.87. The first kappa shape index (κ1) is 12.7. The smallest absolute Gasteiger partial charge is 0.347 e. The van der Waals surface area contributed by atoms with Crippen molar-refractivity contribution in [1.29, 1.82) is 0 Å². The number of H-pyrrole nitrogens is 1. The van der Waals surface area contributed by atoms with E-state index in [1.54, 1.807) is 6.92 Å². The second-order valence-corrected chi connectivity index (χ2v) is 4.70. The Morgan fingerprint density at radius 1 is 1.56 bits per heavy atom. The van der Waals surface area contributed by atoms with E-state index in [1.165, 1.54) is 0 Å². The van der Waals surface area contributed by atoms with E-state index < -0.39 is 11.5 Å². The number of rotatable bonds is 2. The van der Waals surface area contributed by atoms with Gasteiger partial charge in [-0.2, -0.15) is 0 Å². The molecular weight excluding hydrogens is 234 g/mol. The predicted octanol–water partition coefficient (Wildman–Crippen LogP) is 1.38. The molecule has 0 fully saturated rings. The molecule has 98 valence electrons. The molecule has 1 atom stereocenters. The predicted molar refractivity (Wildman–Crippen MR) is 65.9 cm³/mol. The van der Waals surface area contributed by atoms with Gasteiger partial charge < -0.3 is 14.8 Å². The van der Waals surface area contributed by atoms with Crippen LogP contribution in [0.3, 0.4) is 0 Å². The minimum absolute atomic E-state index is 0.172. The topological polar surface area (TPSA) is 79.4 Å². The number of aromatic nitrogens is 1. The lowest BCUT2D eigenvalue weighted by Gasteiger charge is -2.22. The zero-order chi connectivity index (χ0) is 13.3. The molecule has 0 radical (unpaired) electrons. The van der Waals surface area contributed by atoms with Crippen LogP contribution < -0.4 is 5.56 Å². The van der Waals surface area contributed by atoms with Gasteiger partial charge in [0.05, 0.1) is 6.61 Å². The number of carbonyl (C=O) groups excluding carboxylic acids is 1. The molecule has 2 N–H and O–H groups in total. The average molecular weight is 251 g/mol. The molecule has 5 heteroatoms. The lowest BCUT2D eigenvalue weighted by molar-refractivity contribution is 0.0520. The first-order valence-electron chi connectivity index (χ1n) is 6.18. The standard InChI is InChI=1S/C13H17NO4/c1-3-18-13(17)10-11(15)8-5-4-7(2)6-9(8)14-12(10)16/h7H,3-6H2,1-2H3,(H2,14,15,16). The molecule has 1 unspecified atom stereocenters. The monoisotopic (exact) mass is 251 g/mol. The molecule has 0 saturated carbocycles. The van der Waals surface area contributed by atoms with E-state index in [-0.39, 0.29) is 17.9 Å². The van der Waals surface area contributed by atoms with Crippen LogP contribution in [0, 0.1) is 5.92 Å². The number of aromatic hydroxyl groups is 1. The van der Waals surface area contributed by atoms with E-state index in [9.17, 15) is 14.7 Å². The molecule has 0 bridgehead atoms. The van der Waals surface area contributed by atoms with Gasteiger partial charge in [-0.25, -0.2) is 4.79 Å². The number of hydrogen-bond donors (Lipinski definition) is 2. The first-order chi connectivity index (χ1) is 8.54. The number of hydrogen-bond acceptors (Lipinski definition) is 4. The maximum absolute atomic E-state index is 11.8. The SMILES string of the molecule is CCOC(=O)c1c(O)c2c([nH]c1=O)CC(C)CC2. The number of fused-ring (bicyclic) bond motifs is 1. The highest BCUT2D eigenvalue weighted by Gasteiger charge is 2.26. The third kappa shape index (κ3) is 2.12. The first-order valence-corrected chi connectivity index (χ1v) is 6.18. The van der Waals surface area contributed by atoms with Gasteiger partial charge in [0.15, 0.2) is 5.56 Å². The summed E-state index contributed by atoms with van der Waals surface area (Å²) >= 11 is 0. The van der Waals surface area contributed by atoms with Crippen LogP contribution in [0.4, 0.5) is 0 Å². The molecule has 1 aromatic rings. The summed E-state index contributed by atoms with van der Waals surface area (Å²) in [5, 5.41) is 10.1. The van der Waals surface area contributed by atoms with Crippen LogP contribution in [0.5, 0.6) is 5.75 Å². The van der Waals surface area contributed by atoms with Crippen molar-refractivity contribution in [1.82, 2.24) is 4.98 Å². The average Bonchev–Trinajstić information content (AvgIpc) is 2.28. The quantitative estimate of drug-likeness (QED) is 0.778. The number of esters is 1. The third-order valence-corrected chi connectivity index (χ3v) is 3.30. The summed E-state index contributed by atoms with van der Waals surface area (Å²) in [6.45, 7) is 3.92. The van der Waals surface area contributed by atoms with E-state index in [0.29, 0.717) is 17.9 Å². The Kier molecular flexibility index (Phi) is 3.41. The van der Waals surface area contributed by atoms with Crippen LogP contribution in [0.2, 0.25) is 0 Å². The van der Waals surface area contributed by atoms with Crippen LogP contribution in [0.25, 0.3) is 0 Å². The zero-order valence-corrected chi connectivity index (χ0v) is 10.6. The van der Waals surface area contributed by atoms with E-state index in [0.717, 1.165) is 18.5 Å². The van der Waals surface area contributed by atoms with Gasteiger partial charge in [-0.3, -0.25) is 4.79 Å². The van der Waals surface area contributed by atoms with Crippen LogP contribution in [-0.2, 0) is 17.6 Å². The van der Waals surface area contributed by atoms with Gasteiger partial charge in [-0.15, -0.1) is 0 Å². The minimum Gasteiger partial charge on any atom is -0.506 e. The summed E-state index contributed by atoms with van der Waals surface area (Å²) in [4.78, 5) is 26.1. The lowest BCUT2D eigenvalue weighted by Crippen LogP contribution is -2.25. The third-order valence-electron chi connectivity index (χ3n) is 3.30. The Labute approximate surface area is 105 Å². The molecule has 1 aromatic heterocycles. The number of nitrogens with one attached hydrogen (secondary N) is 1. The van der Waals surface area contributed by atoms with Gasteiger partial charge in [0, 0.05) is 11.3 Å². The number of ether oxygens (including phenoxy) is 1. The Balaban J connectivity index is 2.51. The second-order valence-electron chi connectivity index (χ2n) is 4.70. The maximum Gasteiger partial charge on any atom is 0.347 e. The molecule has 18 heavy (non-hydrogen) atoms. The molecular formula is C13H17NO4. The molecule has 1 heterocycles. The molecule has 2 rings (SSSR count). The molecule has 5 nitrogen and oxygen atoms in total. The van der Waals surface area contributed by atoms with E-state index in [2.05, 4.69) is 11.9 Å². The number of aromatic amines is 1. The van der Waals surface area contributed by atoms with Crippen molar-refractivity contribution in [2.24, 2.45) is 5.92 Å². The fourth-order valence-electron chi connectivity index (χ4n) is 2.35. The normalized spacial score (nSPS) is 18.2. The van der Waals surface area contributed by atoms with Gasteiger partial charge in [0.2, 0.25) is 0 Å². The minimum atomic E-state index is -0.766. The Morgan fingerprint density at radius 3 is 2.94 bits per heavy atom. The second kappa shape index (κ2) is 4.84. The molecule has 0 amide bonds. The van der Waals surface area contributed by atoms with Gasteiger partial charge in [-0.1, -0.05) is 6.92 Å². The molecule has 0 aliphatic heterocycles. The van der Waals surface area contributed by atoms with Crippen molar-refractivity contribution in [3.63, 3.8) is 0 Å². The van der Waals surface area contributed by atoms with Gasteiger partial charge in [0.25, 0.3) is 5.56 Å². The van der Waals surface area contributed by atoms with Crippen molar-refractivity contribution in [3.05, 3.63) is 27.2 Å². The van der Waals surface area contributed by atoms with E-state index >= 15 is 0 Å². The summed E-state index contributed by atoms with van der Waals surface area (Å²) in [6.07, 6.45) is 2.33. The van der Waals surface area contributed by atoms with Gasteiger partial charge in [0.1, 0.15) is 5.75 Å². The fraction of sp³-hybridized carbons (Fsp3) is 0.538. The zero-order valence-electron chi connectivity index (χ0n) is 10.6. The molecule has 0 saturated heterocycles. The highest BCUT2D eigenvalue weighted by atomic mass is 16.5. The summed E-state index contributed by atoms with van der Waals surface area (Å²) in [7, 11) is 0. The fourth-order valence-corrected chi connectivity index (χ4v) is 2.35. The highest BCUT2D eigenvalue weighted by molar-refractivity contribution is 5.92. The van der Waals surface area contributed by atoms with E-state index in [1.807, 2.05) is 0 Å². The molecule has 1 aliphatic carbocycles. The van der Waals surface area contributed by atoms with Gasteiger partial charge in [-0.05, 0) is 32.1 Å². The van der Waals surface area contributed by atoms with Crippen LogP contribution in [0.15, 0.2) is 4.79 Å². The Morgan fingerprint density at radius 2 is 2.28 bits per heavy atom. The Bertz CT molecular complexity index is 533. The van der Waals surface area contributed by atoms with E-state index in [4.69, 9.17) is 4.74 Å². The van der Waals surface area contributed by atoms with Crippen LogP contribution in [-0.4, -0.2) is 22.7 Å². The largest absolute Gasteiger partial charge is 0.506 e. The number of pyridine rings is 1. The molecule has 0 aromatic carbocycles. The summed E-state index contributed by atoms with van der Waals surface area (Å²) < 4.78 is 4.78.